The van der Waals surface area contributed by atoms with E-state index in [1.807, 2.05) is 0 Å². The van der Waals surface area contributed by atoms with Gasteiger partial charge >= 0.3 is 6.18 Å². The Morgan fingerprint density at radius 3 is 2.24 bits per heavy atom. The fourth-order valence-corrected chi connectivity index (χ4v) is 2.50. The molecule has 0 aromatic heterocycles. The molecular formula is C16H15F4N. The monoisotopic (exact) mass is 297 g/mol. The molecule has 0 aliphatic rings. The highest BCUT2D eigenvalue weighted by Gasteiger charge is 2.35. The maximum absolute atomic E-state index is 14.1. The van der Waals surface area contributed by atoms with Gasteiger partial charge < -0.3 is 5.73 Å². The third-order valence-electron chi connectivity index (χ3n) is 3.39. The third kappa shape index (κ3) is 3.08. The topological polar surface area (TPSA) is 26.0 Å². The lowest BCUT2D eigenvalue weighted by Crippen LogP contribution is -2.20. The molecule has 21 heavy (non-hydrogen) atoms. The minimum absolute atomic E-state index is 0.0947. The van der Waals surface area contributed by atoms with Crippen molar-refractivity contribution in [1.29, 1.82) is 0 Å². The number of halogens is 4. The van der Waals surface area contributed by atoms with E-state index in [1.54, 1.807) is 19.9 Å². The van der Waals surface area contributed by atoms with Gasteiger partial charge in [-0.2, -0.15) is 13.2 Å². The van der Waals surface area contributed by atoms with Crippen LogP contribution in [-0.4, -0.2) is 0 Å². The second-order valence-electron chi connectivity index (χ2n) is 5.04. The second-order valence-corrected chi connectivity index (χ2v) is 5.04. The van der Waals surface area contributed by atoms with Gasteiger partial charge in [0.05, 0.1) is 11.6 Å². The van der Waals surface area contributed by atoms with Crippen molar-refractivity contribution in [2.45, 2.75) is 26.1 Å². The summed E-state index contributed by atoms with van der Waals surface area (Å²) in [5.41, 5.74) is 6.29. The molecule has 0 bridgehead atoms. The number of benzene rings is 2. The molecule has 0 aliphatic carbocycles. The fraction of sp³-hybridized carbons (Fsp3) is 0.250. The van der Waals surface area contributed by atoms with E-state index < -0.39 is 23.6 Å². The van der Waals surface area contributed by atoms with Gasteiger partial charge in [-0.1, -0.05) is 24.3 Å². The third-order valence-corrected chi connectivity index (χ3v) is 3.39. The molecule has 0 spiro atoms. The zero-order valence-corrected chi connectivity index (χ0v) is 11.6. The molecule has 5 heteroatoms. The standard InChI is InChI=1S/C16H15F4N/c1-9-7-10(2)14(13(17)8-9)15(21)11-5-3-4-6-12(11)16(18,19)20/h3-8,15H,21H2,1-2H3. The highest BCUT2D eigenvalue weighted by molar-refractivity contribution is 5.43. The lowest BCUT2D eigenvalue weighted by molar-refractivity contribution is -0.138. The van der Waals surface area contributed by atoms with E-state index in [4.69, 9.17) is 5.73 Å². The van der Waals surface area contributed by atoms with Crippen molar-refractivity contribution in [2.75, 3.05) is 0 Å². The van der Waals surface area contributed by atoms with Crippen molar-refractivity contribution in [2.24, 2.45) is 5.73 Å². The Labute approximate surface area is 120 Å². The molecular weight excluding hydrogens is 282 g/mol. The fourth-order valence-electron chi connectivity index (χ4n) is 2.50. The minimum atomic E-state index is -4.52. The molecule has 1 atom stereocenters. The van der Waals surface area contributed by atoms with Crippen molar-refractivity contribution < 1.29 is 17.6 Å². The summed E-state index contributed by atoms with van der Waals surface area (Å²) in [5, 5.41) is 0. The van der Waals surface area contributed by atoms with Gasteiger partial charge in [-0.25, -0.2) is 4.39 Å². The lowest BCUT2D eigenvalue weighted by atomic mass is 9.91. The molecule has 0 saturated heterocycles. The Morgan fingerprint density at radius 2 is 1.67 bits per heavy atom. The summed E-state index contributed by atoms with van der Waals surface area (Å²) in [4.78, 5) is 0. The number of rotatable bonds is 2. The average Bonchev–Trinajstić information content (AvgIpc) is 2.36. The number of hydrogen-bond acceptors (Lipinski definition) is 1. The van der Waals surface area contributed by atoms with Gasteiger partial charge in [0.25, 0.3) is 0 Å². The van der Waals surface area contributed by atoms with Crippen LogP contribution < -0.4 is 5.73 Å². The van der Waals surface area contributed by atoms with Crippen LogP contribution in [0.5, 0.6) is 0 Å². The highest BCUT2D eigenvalue weighted by atomic mass is 19.4. The van der Waals surface area contributed by atoms with Gasteiger partial charge in [0.2, 0.25) is 0 Å². The Kier molecular flexibility index (Phi) is 4.05. The van der Waals surface area contributed by atoms with Gasteiger partial charge in [-0.3, -0.25) is 0 Å². The summed E-state index contributed by atoms with van der Waals surface area (Å²) in [5.74, 6) is -0.586. The van der Waals surface area contributed by atoms with Crippen LogP contribution in [0.4, 0.5) is 17.6 Å². The quantitative estimate of drug-likeness (QED) is 0.811. The first-order valence-corrected chi connectivity index (χ1v) is 6.40. The molecule has 0 heterocycles. The van der Waals surface area contributed by atoms with Crippen LogP contribution in [0.2, 0.25) is 0 Å². The van der Waals surface area contributed by atoms with Crippen LogP contribution in [0.3, 0.4) is 0 Å². The van der Waals surface area contributed by atoms with Crippen molar-refractivity contribution in [3.63, 3.8) is 0 Å². The summed E-state index contributed by atoms with van der Waals surface area (Å²) in [7, 11) is 0. The second kappa shape index (κ2) is 5.48. The SMILES string of the molecule is Cc1cc(C)c(C(N)c2ccccc2C(F)(F)F)c(F)c1. The molecule has 1 unspecified atom stereocenters. The number of aryl methyl sites for hydroxylation is 2. The van der Waals surface area contributed by atoms with Gasteiger partial charge in [-0.15, -0.1) is 0 Å². The maximum Gasteiger partial charge on any atom is 0.416 e. The number of nitrogens with two attached hydrogens (primary N) is 1. The molecule has 2 rings (SSSR count). The Hall–Kier alpha value is -1.88. The average molecular weight is 297 g/mol. The Balaban J connectivity index is 2.59. The molecule has 0 fully saturated rings. The minimum Gasteiger partial charge on any atom is -0.320 e. The van der Waals surface area contributed by atoms with Gasteiger partial charge in [0, 0.05) is 5.56 Å². The zero-order chi connectivity index (χ0) is 15.8. The maximum atomic E-state index is 14.1. The van der Waals surface area contributed by atoms with Crippen molar-refractivity contribution in [1.82, 2.24) is 0 Å². The molecule has 1 nitrogen and oxygen atoms in total. The van der Waals surface area contributed by atoms with E-state index in [1.165, 1.54) is 24.3 Å². The Bertz CT molecular complexity index is 639. The van der Waals surface area contributed by atoms with Crippen molar-refractivity contribution in [3.05, 3.63) is 70.0 Å². The first kappa shape index (κ1) is 15.5. The largest absolute Gasteiger partial charge is 0.416 e. The molecule has 2 N–H and O–H groups in total. The van der Waals surface area contributed by atoms with E-state index in [-0.39, 0.29) is 11.1 Å². The van der Waals surface area contributed by atoms with Gasteiger partial charge in [-0.05, 0) is 42.7 Å². The smallest absolute Gasteiger partial charge is 0.320 e. The number of alkyl halides is 3. The molecule has 0 aliphatic heterocycles. The first-order valence-electron chi connectivity index (χ1n) is 6.40. The predicted molar refractivity (Wildman–Crippen MR) is 73.3 cm³/mol. The molecule has 2 aromatic rings. The molecule has 0 radical (unpaired) electrons. The zero-order valence-electron chi connectivity index (χ0n) is 11.6. The number of hydrogen-bond donors (Lipinski definition) is 1. The normalized spacial score (nSPS) is 13.3. The highest BCUT2D eigenvalue weighted by Crippen LogP contribution is 2.36. The molecule has 2 aromatic carbocycles. The van der Waals surface area contributed by atoms with Crippen molar-refractivity contribution >= 4 is 0 Å². The summed E-state index contributed by atoms with van der Waals surface area (Å²) in [6, 6.07) is 6.81. The van der Waals surface area contributed by atoms with E-state index in [0.717, 1.165) is 6.07 Å². The predicted octanol–water partition coefficient (Wildman–Crippen LogP) is 4.51. The molecule has 112 valence electrons. The summed E-state index contributed by atoms with van der Waals surface area (Å²) in [6.45, 7) is 3.36. The van der Waals surface area contributed by atoms with Crippen LogP contribution in [0, 0.1) is 19.7 Å². The molecule has 0 saturated carbocycles. The van der Waals surface area contributed by atoms with Gasteiger partial charge in [0.1, 0.15) is 5.82 Å². The molecule has 0 amide bonds. The van der Waals surface area contributed by atoms with Crippen LogP contribution in [0.25, 0.3) is 0 Å². The van der Waals surface area contributed by atoms with E-state index in [9.17, 15) is 17.6 Å². The summed E-state index contributed by atoms with van der Waals surface area (Å²) >= 11 is 0. The Morgan fingerprint density at radius 1 is 1.05 bits per heavy atom. The van der Waals surface area contributed by atoms with Crippen LogP contribution in [0.15, 0.2) is 36.4 Å². The van der Waals surface area contributed by atoms with Crippen LogP contribution in [-0.2, 0) is 6.18 Å². The van der Waals surface area contributed by atoms with Crippen LogP contribution >= 0.6 is 0 Å². The van der Waals surface area contributed by atoms with Gasteiger partial charge in [0.15, 0.2) is 0 Å². The first-order chi connectivity index (χ1) is 9.71. The van der Waals surface area contributed by atoms with E-state index >= 15 is 0 Å². The summed E-state index contributed by atoms with van der Waals surface area (Å²) in [6.07, 6.45) is -4.52. The van der Waals surface area contributed by atoms with E-state index in [2.05, 4.69) is 0 Å². The van der Waals surface area contributed by atoms with E-state index in [0.29, 0.717) is 11.1 Å². The summed E-state index contributed by atoms with van der Waals surface area (Å²) < 4.78 is 53.2. The lowest BCUT2D eigenvalue weighted by Gasteiger charge is -2.21. The van der Waals surface area contributed by atoms with Crippen LogP contribution in [0.1, 0.15) is 33.9 Å². The van der Waals surface area contributed by atoms with Crippen molar-refractivity contribution in [3.8, 4) is 0 Å².